The number of ketones is 2. The number of benzene rings is 1. The second kappa shape index (κ2) is 4.37. The topological polar surface area (TPSA) is 47.3 Å². The van der Waals surface area contributed by atoms with Crippen molar-refractivity contribution in [3.63, 3.8) is 0 Å². The number of hydrogen-bond donors (Lipinski definition) is 0. The lowest BCUT2D eigenvalue weighted by atomic mass is 10.00. The maximum atomic E-state index is 11.4. The highest BCUT2D eigenvalue weighted by molar-refractivity contribution is 6.01. The van der Waals surface area contributed by atoms with Gasteiger partial charge >= 0.3 is 0 Å². The molecule has 2 rings (SSSR count). The molecule has 2 aromatic rings. The molecule has 1 aromatic carbocycles. The predicted molar refractivity (Wildman–Crippen MR) is 64.2 cm³/mol. The molecule has 1 heterocycles. The highest BCUT2D eigenvalue weighted by atomic mass is 16.3. The number of hydrogen-bond acceptors (Lipinski definition) is 3. The van der Waals surface area contributed by atoms with Crippen LogP contribution >= 0.6 is 0 Å². The summed E-state index contributed by atoms with van der Waals surface area (Å²) in [6.45, 7) is 2.95. The van der Waals surface area contributed by atoms with E-state index >= 15 is 0 Å². The van der Waals surface area contributed by atoms with Gasteiger partial charge in [0.25, 0.3) is 0 Å². The number of rotatable bonds is 3. The minimum absolute atomic E-state index is 0.0686. The minimum atomic E-state index is -0.0686. The van der Waals surface area contributed by atoms with Gasteiger partial charge in [-0.05, 0) is 44.2 Å². The average molecular weight is 228 g/mol. The fraction of sp³-hybridized carbons (Fsp3) is 0.143. The molecule has 0 saturated heterocycles. The van der Waals surface area contributed by atoms with Crippen molar-refractivity contribution in [3.05, 3.63) is 47.7 Å². The first-order valence-electron chi connectivity index (χ1n) is 5.29. The molecule has 0 aliphatic carbocycles. The number of carbonyl (C=O) groups is 2. The van der Waals surface area contributed by atoms with Crippen molar-refractivity contribution in [2.45, 2.75) is 13.8 Å². The van der Waals surface area contributed by atoms with Crippen LogP contribution in [0, 0.1) is 0 Å². The molecule has 0 spiro atoms. The van der Waals surface area contributed by atoms with Crippen molar-refractivity contribution in [3.8, 4) is 11.3 Å². The first kappa shape index (κ1) is 11.3. The Hall–Kier alpha value is -2.16. The molecular weight excluding hydrogens is 216 g/mol. The molecule has 1 aromatic heterocycles. The van der Waals surface area contributed by atoms with E-state index in [2.05, 4.69) is 0 Å². The third-order valence-electron chi connectivity index (χ3n) is 2.55. The number of furan rings is 1. The zero-order valence-corrected chi connectivity index (χ0v) is 9.69. The van der Waals surface area contributed by atoms with Gasteiger partial charge in [0, 0.05) is 16.7 Å². The zero-order valence-electron chi connectivity index (χ0n) is 9.69. The van der Waals surface area contributed by atoms with Gasteiger partial charge in [0.2, 0.25) is 0 Å². The Morgan fingerprint density at radius 2 is 1.59 bits per heavy atom. The third-order valence-corrected chi connectivity index (χ3v) is 2.55. The SMILES string of the molecule is CC(=O)c1cc(C(C)=O)cc(-c2ccco2)c1. The molecule has 0 N–H and O–H groups in total. The van der Waals surface area contributed by atoms with Crippen molar-refractivity contribution in [1.82, 2.24) is 0 Å². The van der Waals surface area contributed by atoms with Gasteiger partial charge in [-0.25, -0.2) is 0 Å². The predicted octanol–water partition coefficient (Wildman–Crippen LogP) is 3.35. The minimum Gasteiger partial charge on any atom is -0.464 e. The Morgan fingerprint density at radius 3 is 2.00 bits per heavy atom. The van der Waals surface area contributed by atoms with Crippen LogP contribution in [0.3, 0.4) is 0 Å². The van der Waals surface area contributed by atoms with Gasteiger partial charge in [-0.2, -0.15) is 0 Å². The van der Waals surface area contributed by atoms with E-state index in [1.54, 1.807) is 36.6 Å². The summed E-state index contributed by atoms with van der Waals surface area (Å²) in [5, 5.41) is 0. The van der Waals surface area contributed by atoms with E-state index in [9.17, 15) is 9.59 Å². The van der Waals surface area contributed by atoms with E-state index in [1.165, 1.54) is 13.8 Å². The standard InChI is InChI=1S/C14H12O3/c1-9(15)11-6-12(10(2)16)8-13(7-11)14-4-3-5-17-14/h3-8H,1-2H3. The summed E-state index contributed by atoms with van der Waals surface area (Å²) < 4.78 is 5.27. The summed E-state index contributed by atoms with van der Waals surface area (Å²) in [7, 11) is 0. The van der Waals surface area contributed by atoms with Gasteiger partial charge in [0.15, 0.2) is 11.6 Å². The van der Waals surface area contributed by atoms with E-state index in [-0.39, 0.29) is 11.6 Å². The average Bonchev–Trinajstić information content (AvgIpc) is 2.81. The van der Waals surface area contributed by atoms with Gasteiger partial charge in [0.1, 0.15) is 5.76 Å². The molecule has 0 aliphatic rings. The quantitative estimate of drug-likeness (QED) is 0.757. The molecule has 0 saturated carbocycles. The lowest BCUT2D eigenvalue weighted by molar-refractivity contribution is 0.101. The fourth-order valence-electron chi connectivity index (χ4n) is 1.62. The molecule has 3 nitrogen and oxygen atoms in total. The molecule has 0 unspecified atom stereocenters. The number of carbonyl (C=O) groups excluding carboxylic acids is 2. The fourth-order valence-corrected chi connectivity index (χ4v) is 1.62. The van der Waals surface area contributed by atoms with Crippen LogP contribution in [0.5, 0.6) is 0 Å². The van der Waals surface area contributed by atoms with Crippen LogP contribution in [0.4, 0.5) is 0 Å². The second-order valence-corrected chi connectivity index (χ2v) is 3.89. The first-order chi connectivity index (χ1) is 8.08. The lowest BCUT2D eigenvalue weighted by Gasteiger charge is -2.04. The van der Waals surface area contributed by atoms with Gasteiger partial charge in [-0.3, -0.25) is 9.59 Å². The highest BCUT2D eigenvalue weighted by Crippen LogP contribution is 2.23. The van der Waals surface area contributed by atoms with E-state index in [4.69, 9.17) is 4.42 Å². The zero-order chi connectivity index (χ0) is 12.4. The molecule has 0 bridgehead atoms. The Labute approximate surface area is 99.1 Å². The summed E-state index contributed by atoms with van der Waals surface area (Å²) in [6.07, 6.45) is 1.56. The Morgan fingerprint density at radius 1 is 1.00 bits per heavy atom. The molecule has 86 valence electrons. The monoisotopic (exact) mass is 228 g/mol. The molecular formula is C14H12O3. The molecule has 3 heteroatoms. The Kier molecular flexibility index (Phi) is 2.91. The van der Waals surface area contributed by atoms with E-state index in [1.807, 2.05) is 0 Å². The molecule has 0 fully saturated rings. The van der Waals surface area contributed by atoms with Gasteiger partial charge < -0.3 is 4.42 Å². The lowest BCUT2D eigenvalue weighted by Crippen LogP contribution is -1.99. The smallest absolute Gasteiger partial charge is 0.159 e. The second-order valence-electron chi connectivity index (χ2n) is 3.89. The van der Waals surface area contributed by atoms with Crippen molar-refractivity contribution >= 4 is 11.6 Å². The van der Waals surface area contributed by atoms with Crippen molar-refractivity contribution in [2.75, 3.05) is 0 Å². The first-order valence-corrected chi connectivity index (χ1v) is 5.29. The Balaban J connectivity index is 2.60. The summed E-state index contributed by atoms with van der Waals surface area (Å²) in [5.41, 5.74) is 1.78. The van der Waals surface area contributed by atoms with Gasteiger partial charge in [-0.1, -0.05) is 0 Å². The van der Waals surface area contributed by atoms with Crippen molar-refractivity contribution in [1.29, 1.82) is 0 Å². The van der Waals surface area contributed by atoms with Gasteiger partial charge in [-0.15, -0.1) is 0 Å². The van der Waals surface area contributed by atoms with Crippen LogP contribution in [0.2, 0.25) is 0 Å². The van der Waals surface area contributed by atoms with Crippen LogP contribution in [0.25, 0.3) is 11.3 Å². The summed E-state index contributed by atoms with van der Waals surface area (Å²) >= 11 is 0. The number of Topliss-reactive ketones (excluding diaryl/α,β-unsaturated/α-hetero) is 2. The molecule has 0 amide bonds. The van der Waals surface area contributed by atoms with Crippen LogP contribution in [-0.4, -0.2) is 11.6 Å². The third kappa shape index (κ3) is 2.33. The summed E-state index contributed by atoms with van der Waals surface area (Å²) in [6, 6.07) is 8.63. The maximum Gasteiger partial charge on any atom is 0.159 e. The molecule has 0 radical (unpaired) electrons. The Bertz CT molecular complexity index is 533. The van der Waals surface area contributed by atoms with E-state index in [0.29, 0.717) is 16.9 Å². The van der Waals surface area contributed by atoms with Crippen LogP contribution in [0.15, 0.2) is 41.0 Å². The van der Waals surface area contributed by atoms with Crippen molar-refractivity contribution < 1.29 is 14.0 Å². The van der Waals surface area contributed by atoms with Crippen molar-refractivity contribution in [2.24, 2.45) is 0 Å². The summed E-state index contributed by atoms with van der Waals surface area (Å²) in [5.74, 6) is 0.511. The van der Waals surface area contributed by atoms with Crippen LogP contribution in [-0.2, 0) is 0 Å². The van der Waals surface area contributed by atoms with Crippen LogP contribution < -0.4 is 0 Å². The van der Waals surface area contributed by atoms with E-state index < -0.39 is 0 Å². The maximum absolute atomic E-state index is 11.4. The molecule has 0 atom stereocenters. The van der Waals surface area contributed by atoms with E-state index in [0.717, 1.165) is 5.56 Å². The molecule has 0 aliphatic heterocycles. The van der Waals surface area contributed by atoms with Crippen LogP contribution in [0.1, 0.15) is 34.6 Å². The summed E-state index contributed by atoms with van der Waals surface area (Å²) in [4.78, 5) is 22.8. The molecule has 17 heavy (non-hydrogen) atoms. The normalized spacial score (nSPS) is 10.2. The highest BCUT2D eigenvalue weighted by Gasteiger charge is 2.10. The van der Waals surface area contributed by atoms with Gasteiger partial charge in [0.05, 0.1) is 6.26 Å². The largest absolute Gasteiger partial charge is 0.464 e.